The molecule has 0 saturated heterocycles. The molecule has 1 atom stereocenters. The Hall–Kier alpha value is -3.20. The lowest BCUT2D eigenvalue weighted by molar-refractivity contribution is -0.384. The number of nitrogens with one attached hydrogen (secondary N) is 2. The van der Waals surface area contributed by atoms with Crippen LogP contribution < -0.4 is 10.6 Å². The number of carbonyl (C=O) groups excluding carboxylic acids is 1. The molecule has 1 aromatic heterocycles. The van der Waals surface area contributed by atoms with E-state index in [-0.39, 0.29) is 24.3 Å². The number of hydrogen-bond acceptors (Lipinski definition) is 6. The number of hydrogen-bond donors (Lipinski definition) is 3. The van der Waals surface area contributed by atoms with E-state index in [2.05, 4.69) is 10.6 Å². The largest absolute Gasteiger partial charge is 0.480 e. The van der Waals surface area contributed by atoms with Crippen molar-refractivity contribution in [2.75, 3.05) is 5.32 Å². The fourth-order valence-corrected chi connectivity index (χ4v) is 1.98. The van der Waals surface area contributed by atoms with Crippen LogP contribution in [-0.4, -0.2) is 27.9 Å². The van der Waals surface area contributed by atoms with E-state index in [1.807, 2.05) is 0 Å². The Balaban J connectivity index is 1.93. The van der Waals surface area contributed by atoms with E-state index >= 15 is 0 Å². The number of carboxylic acid groups (broad SMARTS) is 1. The molecule has 1 heterocycles. The Bertz CT molecular complexity index is 729. The molecule has 1 unspecified atom stereocenters. The van der Waals surface area contributed by atoms with Gasteiger partial charge in [0.15, 0.2) is 0 Å². The van der Waals surface area contributed by atoms with Gasteiger partial charge in [-0.25, -0.2) is 0 Å². The smallest absolute Gasteiger partial charge is 0.321 e. The highest BCUT2D eigenvalue weighted by atomic mass is 16.6. The summed E-state index contributed by atoms with van der Waals surface area (Å²) in [5.74, 6) is -1.22. The summed E-state index contributed by atoms with van der Waals surface area (Å²) in [4.78, 5) is 33.3. The lowest BCUT2D eigenvalue weighted by Gasteiger charge is -2.13. The Morgan fingerprint density at radius 2 is 2.08 bits per heavy atom. The summed E-state index contributed by atoms with van der Waals surface area (Å²) in [6, 6.07) is 7.63. The fraction of sp³-hybridized carbons (Fsp3) is 0.200. The molecule has 0 fully saturated rings. The highest BCUT2D eigenvalue weighted by molar-refractivity contribution is 5.94. The summed E-state index contributed by atoms with van der Waals surface area (Å²) in [6.45, 7) is 0.161. The molecule has 0 aliphatic rings. The number of rotatable bonds is 8. The van der Waals surface area contributed by atoms with Gasteiger partial charge < -0.3 is 14.8 Å². The summed E-state index contributed by atoms with van der Waals surface area (Å²) in [5.41, 5.74) is 0.0582. The first-order valence-electron chi connectivity index (χ1n) is 6.98. The Labute approximate surface area is 136 Å². The number of nitro groups is 1. The van der Waals surface area contributed by atoms with E-state index in [0.29, 0.717) is 5.76 Å². The zero-order valence-electron chi connectivity index (χ0n) is 12.5. The third kappa shape index (κ3) is 4.92. The highest BCUT2D eigenvalue weighted by Crippen LogP contribution is 2.17. The first-order valence-corrected chi connectivity index (χ1v) is 6.98. The van der Waals surface area contributed by atoms with Gasteiger partial charge in [-0.05, 0) is 18.2 Å². The minimum Gasteiger partial charge on any atom is -0.480 e. The summed E-state index contributed by atoms with van der Waals surface area (Å²) < 4.78 is 5.08. The van der Waals surface area contributed by atoms with Crippen LogP contribution in [0.5, 0.6) is 0 Å². The van der Waals surface area contributed by atoms with Crippen molar-refractivity contribution in [3.63, 3.8) is 0 Å². The molecular formula is C15H15N3O6. The number of non-ortho nitro benzene ring substituents is 1. The van der Waals surface area contributed by atoms with Gasteiger partial charge in [-0.3, -0.25) is 25.0 Å². The lowest BCUT2D eigenvalue weighted by Crippen LogP contribution is -2.39. The van der Waals surface area contributed by atoms with Crippen molar-refractivity contribution in [3.05, 3.63) is 58.5 Å². The average molecular weight is 333 g/mol. The zero-order chi connectivity index (χ0) is 17.5. The quantitative estimate of drug-likeness (QED) is 0.495. The van der Waals surface area contributed by atoms with Gasteiger partial charge in [0.2, 0.25) is 5.91 Å². The van der Waals surface area contributed by atoms with Crippen molar-refractivity contribution in [3.8, 4) is 0 Å². The SMILES string of the molecule is O=C(CC(NCc1ccco1)C(=O)O)Nc1cccc([N+](=O)[O-])c1. The molecular weight excluding hydrogens is 318 g/mol. The number of benzene rings is 1. The number of aliphatic carboxylic acids is 1. The summed E-state index contributed by atoms with van der Waals surface area (Å²) in [6.07, 6.45) is 1.13. The molecule has 24 heavy (non-hydrogen) atoms. The van der Waals surface area contributed by atoms with Crippen LogP contribution in [0.2, 0.25) is 0 Å². The van der Waals surface area contributed by atoms with Crippen LogP contribution in [0, 0.1) is 10.1 Å². The van der Waals surface area contributed by atoms with Gasteiger partial charge in [0.05, 0.1) is 24.2 Å². The second-order valence-corrected chi connectivity index (χ2v) is 4.91. The zero-order valence-corrected chi connectivity index (χ0v) is 12.5. The Kier molecular flexibility index (Phi) is 5.63. The molecule has 1 amide bonds. The van der Waals surface area contributed by atoms with Gasteiger partial charge in [-0.1, -0.05) is 6.07 Å². The summed E-state index contributed by atoms with van der Waals surface area (Å²) in [7, 11) is 0. The van der Waals surface area contributed by atoms with Crippen molar-refractivity contribution in [1.82, 2.24) is 5.32 Å². The van der Waals surface area contributed by atoms with Crippen molar-refractivity contribution in [2.45, 2.75) is 19.0 Å². The van der Waals surface area contributed by atoms with Gasteiger partial charge in [-0.15, -0.1) is 0 Å². The van der Waals surface area contributed by atoms with Crippen LogP contribution in [0.15, 0.2) is 47.1 Å². The normalized spacial score (nSPS) is 11.7. The van der Waals surface area contributed by atoms with E-state index in [4.69, 9.17) is 4.42 Å². The average Bonchev–Trinajstić information content (AvgIpc) is 3.04. The molecule has 0 aliphatic carbocycles. The number of nitro benzene ring substituents is 1. The first-order chi connectivity index (χ1) is 11.5. The molecule has 2 rings (SSSR count). The van der Waals surface area contributed by atoms with E-state index in [0.717, 1.165) is 0 Å². The lowest BCUT2D eigenvalue weighted by atomic mass is 10.2. The number of amides is 1. The number of carboxylic acids is 1. The standard InChI is InChI=1S/C15H15N3O6/c19-14(17-10-3-1-4-11(7-10)18(22)23)8-13(15(20)21)16-9-12-5-2-6-24-12/h1-7,13,16H,8-9H2,(H,17,19)(H,20,21). The second-order valence-electron chi connectivity index (χ2n) is 4.91. The molecule has 9 heteroatoms. The molecule has 0 aliphatic heterocycles. The third-order valence-corrected chi connectivity index (χ3v) is 3.13. The number of carbonyl (C=O) groups is 2. The van der Waals surface area contributed by atoms with Gasteiger partial charge in [0.1, 0.15) is 11.8 Å². The number of nitrogens with zero attached hydrogens (tertiary/aromatic N) is 1. The van der Waals surface area contributed by atoms with Crippen molar-refractivity contribution >= 4 is 23.3 Å². The van der Waals surface area contributed by atoms with Gasteiger partial charge in [-0.2, -0.15) is 0 Å². The number of anilines is 1. The highest BCUT2D eigenvalue weighted by Gasteiger charge is 2.21. The van der Waals surface area contributed by atoms with Crippen LogP contribution in [-0.2, 0) is 16.1 Å². The van der Waals surface area contributed by atoms with E-state index in [1.165, 1.54) is 30.5 Å². The minimum absolute atomic E-state index is 0.161. The first kappa shape index (κ1) is 17.2. The molecule has 0 radical (unpaired) electrons. The van der Waals surface area contributed by atoms with Crippen molar-refractivity contribution in [2.24, 2.45) is 0 Å². The van der Waals surface area contributed by atoms with Gasteiger partial charge in [0.25, 0.3) is 5.69 Å². The summed E-state index contributed by atoms with van der Waals surface area (Å²) in [5, 5.41) is 25.0. The topological polar surface area (TPSA) is 135 Å². The van der Waals surface area contributed by atoms with Crippen molar-refractivity contribution < 1.29 is 24.0 Å². The molecule has 126 valence electrons. The van der Waals surface area contributed by atoms with E-state index in [1.54, 1.807) is 12.1 Å². The summed E-state index contributed by atoms with van der Waals surface area (Å²) >= 11 is 0. The number of furan rings is 1. The minimum atomic E-state index is -1.18. The van der Waals surface area contributed by atoms with E-state index in [9.17, 15) is 24.8 Å². The maximum Gasteiger partial charge on any atom is 0.321 e. The Morgan fingerprint density at radius 3 is 2.71 bits per heavy atom. The van der Waals surface area contributed by atoms with Crippen LogP contribution >= 0.6 is 0 Å². The molecule has 9 nitrogen and oxygen atoms in total. The molecule has 0 spiro atoms. The maximum atomic E-state index is 12.0. The molecule has 2 aromatic rings. The third-order valence-electron chi connectivity index (χ3n) is 3.13. The fourth-order valence-electron chi connectivity index (χ4n) is 1.98. The Morgan fingerprint density at radius 1 is 1.29 bits per heavy atom. The van der Waals surface area contributed by atoms with Crippen LogP contribution in [0.1, 0.15) is 12.2 Å². The van der Waals surface area contributed by atoms with Crippen LogP contribution in [0.4, 0.5) is 11.4 Å². The van der Waals surface area contributed by atoms with E-state index < -0.39 is 22.8 Å². The predicted molar refractivity (Wildman–Crippen MR) is 83.3 cm³/mol. The van der Waals surface area contributed by atoms with Gasteiger partial charge in [0, 0.05) is 17.8 Å². The van der Waals surface area contributed by atoms with Gasteiger partial charge >= 0.3 is 5.97 Å². The van der Waals surface area contributed by atoms with Crippen LogP contribution in [0.3, 0.4) is 0 Å². The van der Waals surface area contributed by atoms with Crippen molar-refractivity contribution in [1.29, 1.82) is 0 Å². The predicted octanol–water partition coefficient (Wildman–Crippen LogP) is 1.76. The second kappa shape index (κ2) is 7.88. The molecule has 1 aromatic carbocycles. The van der Waals surface area contributed by atoms with Crippen LogP contribution in [0.25, 0.3) is 0 Å². The molecule has 0 saturated carbocycles. The molecule has 3 N–H and O–H groups in total. The molecule has 0 bridgehead atoms. The monoisotopic (exact) mass is 333 g/mol. The maximum absolute atomic E-state index is 12.0.